The molecule has 112 valence electrons. The van der Waals surface area contributed by atoms with Crippen molar-refractivity contribution >= 4 is 34.8 Å². The van der Waals surface area contributed by atoms with Crippen LogP contribution in [0.4, 0.5) is 5.13 Å². The molecule has 0 spiro atoms. The van der Waals surface area contributed by atoms with E-state index in [2.05, 4.69) is 15.6 Å². The molecule has 21 heavy (non-hydrogen) atoms. The molecule has 1 atom stereocenters. The predicted molar refractivity (Wildman–Crippen MR) is 86.0 cm³/mol. The van der Waals surface area contributed by atoms with Gasteiger partial charge in [0.2, 0.25) is 5.91 Å². The number of hydrogen-bond donors (Lipinski definition) is 2. The first-order valence-corrected chi connectivity index (χ1v) is 7.34. The Kier molecular flexibility index (Phi) is 5.69. The summed E-state index contributed by atoms with van der Waals surface area (Å²) in [7, 11) is 0. The summed E-state index contributed by atoms with van der Waals surface area (Å²) in [6, 6.07) is 9.60. The molecule has 0 radical (unpaired) electrons. The van der Waals surface area contributed by atoms with Gasteiger partial charge in [-0.25, -0.2) is 4.98 Å². The van der Waals surface area contributed by atoms with Crippen molar-refractivity contribution in [3.8, 4) is 11.3 Å². The first-order valence-electron chi connectivity index (χ1n) is 6.46. The number of amides is 1. The molecule has 7 heteroatoms. The lowest BCUT2D eigenvalue weighted by molar-refractivity contribution is -0.120. The number of morpholine rings is 1. The fourth-order valence-corrected chi connectivity index (χ4v) is 2.72. The van der Waals surface area contributed by atoms with Gasteiger partial charge in [-0.2, -0.15) is 0 Å². The second-order valence-electron chi connectivity index (χ2n) is 4.47. The highest BCUT2D eigenvalue weighted by atomic mass is 35.5. The highest BCUT2D eigenvalue weighted by molar-refractivity contribution is 7.14. The number of hydrogen-bond acceptors (Lipinski definition) is 5. The molecule has 1 aromatic heterocycles. The molecule has 1 aliphatic rings. The Labute approximate surface area is 133 Å². The van der Waals surface area contributed by atoms with Gasteiger partial charge in [0.1, 0.15) is 6.04 Å². The van der Waals surface area contributed by atoms with E-state index in [1.54, 1.807) is 0 Å². The molecule has 1 aliphatic heterocycles. The van der Waals surface area contributed by atoms with E-state index < -0.39 is 0 Å². The minimum absolute atomic E-state index is 0. The highest BCUT2D eigenvalue weighted by Crippen LogP contribution is 2.24. The largest absolute Gasteiger partial charge is 0.378 e. The van der Waals surface area contributed by atoms with E-state index in [0.29, 0.717) is 24.9 Å². The van der Waals surface area contributed by atoms with Crippen molar-refractivity contribution in [1.29, 1.82) is 0 Å². The van der Waals surface area contributed by atoms with E-state index in [4.69, 9.17) is 4.74 Å². The maximum atomic E-state index is 12.0. The standard InChI is InChI=1S/C14H15N3O2S.ClH/c18-13(11-8-19-7-6-15-11)17-14-16-12(9-20-14)10-4-2-1-3-5-10;/h1-5,9,11,15H,6-8H2,(H,16,17,18);1H. The number of ether oxygens (including phenoxy) is 1. The Morgan fingerprint density at radius 3 is 2.90 bits per heavy atom. The van der Waals surface area contributed by atoms with Gasteiger partial charge in [0.25, 0.3) is 0 Å². The average molecular weight is 326 g/mol. The van der Waals surface area contributed by atoms with Crippen LogP contribution in [0.25, 0.3) is 11.3 Å². The molecule has 0 aliphatic carbocycles. The van der Waals surface area contributed by atoms with Crippen LogP contribution < -0.4 is 10.6 Å². The van der Waals surface area contributed by atoms with Gasteiger partial charge in [-0.15, -0.1) is 23.7 Å². The summed E-state index contributed by atoms with van der Waals surface area (Å²) in [5, 5.41) is 8.50. The molecule has 0 saturated carbocycles. The lowest BCUT2D eigenvalue weighted by Gasteiger charge is -2.22. The number of aromatic nitrogens is 1. The van der Waals surface area contributed by atoms with Crippen LogP contribution >= 0.6 is 23.7 Å². The summed E-state index contributed by atoms with van der Waals surface area (Å²) in [5.41, 5.74) is 1.92. The van der Waals surface area contributed by atoms with Crippen LogP contribution in [0.5, 0.6) is 0 Å². The van der Waals surface area contributed by atoms with E-state index in [-0.39, 0.29) is 24.4 Å². The van der Waals surface area contributed by atoms with Crippen LogP contribution in [-0.2, 0) is 9.53 Å². The Hall–Kier alpha value is -1.47. The lowest BCUT2D eigenvalue weighted by atomic mass is 10.2. The number of carbonyl (C=O) groups excluding carboxylic acids is 1. The second kappa shape index (κ2) is 7.51. The Morgan fingerprint density at radius 1 is 1.38 bits per heavy atom. The molecule has 1 fully saturated rings. The van der Waals surface area contributed by atoms with Gasteiger partial charge in [-0.05, 0) is 0 Å². The van der Waals surface area contributed by atoms with E-state index in [1.807, 2.05) is 35.7 Å². The molecule has 2 N–H and O–H groups in total. The SMILES string of the molecule is Cl.O=C(Nc1nc(-c2ccccc2)cs1)C1COCCN1. The number of anilines is 1. The number of thiazole rings is 1. The summed E-state index contributed by atoms with van der Waals surface area (Å²) < 4.78 is 5.28. The van der Waals surface area contributed by atoms with Crippen LogP contribution in [0.3, 0.4) is 0 Å². The molecular weight excluding hydrogens is 310 g/mol. The van der Waals surface area contributed by atoms with Gasteiger partial charge < -0.3 is 15.4 Å². The monoisotopic (exact) mass is 325 g/mol. The zero-order valence-corrected chi connectivity index (χ0v) is 12.9. The first-order chi connectivity index (χ1) is 9.83. The Bertz CT molecular complexity index is 585. The van der Waals surface area contributed by atoms with Crippen molar-refractivity contribution in [2.75, 3.05) is 25.1 Å². The quantitative estimate of drug-likeness (QED) is 0.907. The normalized spacial score (nSPS) is 17.8. The van der Waals surface area contributed by atoms with Crippen LogP contribution in [0, 0.1) is 0 Å². The van der Waals surface area contributed by atoms with E-state index in [1.165, 1.54) is 11.3 Å². The van der Waals surface area contributed by atoms with Gasteiger partial charge in [-0.1, -0.05) is 30.3 Å². The summed E-state index contributed by atoms with van der Waals surface area (Å²) in [4.78, 5) is 16.5. The molecule has 1 amide bonds. The van der Waals surface area contributed by atoms with Crippen LogP contribution in [0.15, 0.2) is 35.7 Å². The van der Waals surface area contributed by atoms with Gasteiger partial charge in [0.15, 0.2) is 5.13 Å². The smallest absolute Gasteiger partial charge is 0.245 e. The number of nitrogens with one attached hydrogen (secondary N) is 2. The maximum Gasteiger partial charge on any atom is 0.245 e. The Morgan fingerprint density at radius 2 is 2.19 bits per heavy atom. The van der Waals surface area contributed by atoms with Crippen molar-refractivity contribution in [2.45, 2.75) is 6.04 Å². The summed E-state index contributed by atoms with van der Waals surface area (Å²) in [6.45, 7) is 1.76. The summed E-state index contributed by atoms with van der Waals surface area (Å²) in [6.07, 6.45) is 0. The van der Waals surface area contributed by atoms with Crippen molar-refractivity contribution in [2.24, 2.45) is 0 Å². The zero-order chi connectivity index (χ0) is 13.8. The minimum atomic E-state index is -0.298. The lowest BCUT2D eigenvalue weighted by Crippen LogP contribution is -2.48. The minimum Gasteiger partial charge on any atom is -0.378 e. The van der Waals surface area contributed by atoms with Gasteiger partial charge in [0.05, 0.1) is 18.9 Å². The van der Waals surface area contributed by atoms with E-state index in [9.17, 15) is 4.79 Å². The van der Waals surface area contributed by atoms with Crippen LogP contribution in [0.1, 0.15) is 0 Å². The molecule has 2 heterocycles. The molecule has 5 nitrogen and oxygen atoms in total. The maximum absolute atomic E-state index is 12.0. The van der Waals surface area contributed by atoms with Gasteiger partial charge in [-0.3, -0.25) is 4.79 Å². The first kappa shape index (κ1) is 15.9. The van der Waals surface area contributed by atoms with Crippen molar-refractivity contribution in [3.05, 3.63) is 35.7 Å². The summed E-state index contributed by atoms with van der Waals surface area (Å²) in [5.74, 6) is -0.0985. The Balaban J connectivity index is 0.00000161. The molecule has 0 bridgehead atoms. The molecular formula is C14H16ClN3O2S. The van der Waals surface area contributed by atoms with Crippen LogP contribution in [-0.4, -0.2) is 36.7 Å². The number of rotatable bonds is 3. The third-order valence-corrected chi connectivity index (χ3v) is 3.80. The van der Waals surface area contributed by atoms with Gasteiger partial charge in [0, 0.05) is 17.5 Å². The second-order valence-corrected chi connectivity index (χ2v) is 5.33. The molecule has 2 aromatic rings. The fourth-order valence-electron chi connectivity index (χ4n) is 2.00. The van der Waals surface area contributed by atoms with Crippen molar-refractivity contribution in [1.82, 2.24) is 10.3 Å². The predicted octanol–water partition coefficient (Wildman–Crippen LogP) is 2.16. The van der Waals surface area contributed by atoms with Crippen LogP contribution in [0.2, 0.25) is 0 Å². The number of nitrogens with zero attached hydrogens (tertiary/aromatic N) is 1. The molecule has 3 rings (SSSR count). The topological polar surface area (TPSA) is 63.2 Å². The van der Waals surface area contributed by atoms with Crippen molar-refractivity contribution < 1.29 is 9.53 Å². The highest BCUT2D eigenvalue weighted by Gasteiger charge is 2.21. The fraction of sp³-hybridized carbons (Fsp3) is 0.286. The number of carbonyl (C=O) groups is 1. The molecule has 1 aromatic carbocycles. The third kappa shape index (κ3) is 4.01. The summed E-state index contributed by atoms with van der Waals surface area (Å²) >= 11 is 1.43. The molecule has 1 saturated heterocycles. The third-order valence-electron chi connectivity index (χ3n) is 3.04. The average Bonchev–Trinajstić information content (AvgIpc) is 2.97. The van der Waals surface area contributed by atoms with Crippen molar-refractivity contribution in [3.63, 3.8) is 0 Å². The van der Waals surface area contributed by atoms with Gasteiger partial charge >= 0.3 is 0 Å². The number of halogens is 1. The zero-order valence-electron chi connectivity index (χ0n) is 11.2. The molecule has 1 unspecified atom stereocenters. The van der Waals surface area contributed by atoms with E-state index in [0.717, 1.165) is 11.3 Å². The van der Waals surface area contributed by atoms with E-state index >= 15 is 0 Å². The number of benzene rings is 1.